The molecule has 0 saturated carbocycles. The Labute approximate surface area is 128 Å². The summed E-state index contributed by atoms with van der Waals surface area (Å²) in [6.07, 6.45) is 3.58. The SMILES string of the molecule is CN1CCCC1CCNC(=O)c1cccc(C(C)(C)C)c1. The second-order valence-corrected chi connectivity index (χ2v) is 7.15. The van der Waals surface area contributed by atoms with Crippen LogP contribution in [-0.2, 0) is 5.41 Å². The van der Waals surface area contributed by atoms with E-state index < -0.39 is 0 Å². The molecule has 0 radical (unpaired) electrons. The third-order valence-electron chi connectivity index (χ3n) is 4.43. The van der Waals surface area contributed by atoms with Gasteiger partial charge in [-0.2, -0.15) is 0 Å². The van der Waals surface area contributed by atoms with E-state index in [1.807, 2.05) is 18.2 Å². The first-order valence-corrected chi connectivity index (χ1v) is 7.97. The molecule has 0 bridgehead atoms. The molecule has 3 nitrogen and oxygen atoms in total. The fourth-order valence-electron chi connectivity index (χ4n) is 2.93. The van der Waals surface area contributed by atoms with Gasteiger partial charge in [0.05, 0.1) is 0 Å². The van der Waals surface area contributed by atoms with Crippen LogP contribution in [0.3, 0.4) is 0 Å². The molecule has 1 aromatic carbocycles. The maximum absolute atomic E-state index is 12.3. The van der Waals surface area contributed by atoms with Gasteiger partial charge in [-0.1, -0.05) is 32.9 Å². The van der Waals surface area contributed by atoms with Gasteiger partial charge in [-0.3, -0.25) is 4.79 Å². The molecular weight excluding hydrogens is 260 g/mol. The van der Waals surface area contributed by atoms with Crippen molar-refractivity contribution in [1.82, 2.24) is 10.2 Å². The summed E-state index contributed by atoms with van der Waals surface area (Å²) < 4.78 is 0. The number of nitrogens with zero attached hydrogens (tertiary/aromatic N) is 1. The zero-order chi connectivity index (χ0) is 15.5. The highest BCUT2D eigenvalue weighted by molar-refractivity contribution is 5.94. The second kappa shape index (κ2) is 6.61. The zero-order valence-electron chi connectivity index (χ0n) is 13.8. The third kappa shape index (κ3) is 4.31. The largest absolute Gasteiger partial charge is 0.352 e. The van der Waals surface area contributed by atoms with E-state index in [1.165, 1.54) is 24.9 Å². The molecule has 0 spiro atoms. The van der Waals surface area contributed by atoms with E-state index in [-0.39, 0.29) is 11.3 Å². The van der Waals surface area contributed by atoms with Gasteiger partial charge in [0.2, 0.25) is 0 Å². The van der Waals surface area contributed by atoms with Crippen LogP contribution in [0.4, 0.5) is 0 Å². The highest BCUT2D eigenvalue weighted by atomic mass is 16.1. The van der Waals surface area contributed by atoms with E-state index >= 15 is 0 Å². The van der Waals surface area contributed by atoms with Crippen molar-refractivity contribution >= 4 is 5.91 Å². The number of rotatable bonds is 4. The Balaban J connectivity index is 1.88. The monoisotopic (exact) mass is 288 g/mol. The predicted molar refractivity (Wildman–Crippen MR) is 87.7 cm³/mol. The zero-order valence-corrected chi connectivity index (χ0v) is 13.8. The van der Waals surface area contributed by atoms with E-state index in [9.17, 15) is 4.79 Å². The van der Waals surface area contributed by atoms with Crippen LogP contribution in [0.15, 0.2) is 24.3 Å². The van der Waals surface area contributed by atoms with Gasteiger partial charge < -0.3 is 10.2 Å². The van der Waals surface area contributed by atoms with Crippen LogP contribution in [-0.4, -0.2) is 37.0 Å². The van der Waals surface area contributed by atoms with Crippen LogP contribution < -0.4 is 5.32 Å². The first-order valence-electron chi connectivity index (χ1n) is 7.97. The summed E-state index contributed by atoms with van der Waals surface area (Å²) in [5, 5.41) is 3.06. The van der Waals surface area contributed by atoms with Crippen molar-refractivity contribution in [2.75, 3.05) is 20.1 Å². The molecule has 1 heterocycles. The average Bonchev–Trinajstić information content (AvgIpc) is 2.83. The van der Waals surface area contributed by atoms with Crippen LogP contribution >= 0.6 is 0 Å². The van der Waals surface area contributed by atoms with Gasteiger partial charge in [0.1, 0.15) is 0 Å². The van der Waals surface area contributed by atoms with Gasteiger partial charge in [0, 0.05) is 18.2 Å². The molecule has 1 saturated heterocycles. The highest BCUT2D eigenvalue weighted by Gasteiger charge is 2.20. The van der Waals surface area contributed by atoms with Crippen molar-refractivity contribution in [3.8, 4) is 0 Å². The molecule has 1 aliphatic rings. The summed E-state index contributed by atoms with van der Waals surface area (Å²) in [6.45, 7) is 8.44. The molecule has 0 aromatic heterocycles. The number of hydrogen-bond donors (Lipinski definition) is 1. The minimum atomic E-state index is 0.0433. The Bertz CT molecular complexity index is 490. The van der Waals surface area contributed by atoms with E-state index in [0.29, 0.717) is 6.04 Å². The van der Waals surface area contributed by atoms with Crippen molar-refractivity contribution in [1.29, 1.82) is 0 Å². The normalized spacial score (nSPS) is 19.7. The number of hydrogen-bond acceptors (Lipinski definition) is 2. The van der Waals surface area contributed by atoms with Crippen molar-refractivity contribution < 1.29 is 4.79 Å². The predicted octanol–water partition coefficient (Wildman–Crippen LogP) is 3.20. The number of carbonyl (C=O) groups excluding carboxylic acids is 1. The summed E-state index contributed by atoms with van der Waals surface area (Å²) in [5.41, 5.74) is 2.04. The van der Waals surface area contributed by atoms with Crippen LogP contribution in [0.5, 0.6) is 0 Å². The van der Waals surface area contributed by atoms with E-state index in [0.717, 1.165) is 18.5 Å². The first-order chi connectivity index (χ1) is 9.88. The molecule has 1 aromatic rings. The molecular formula is C18H28N2O. The molecule has 116 valence electrons. The first kappa shape index (κ1) is 16.0. The Hall–Kier alpha value is -1.35. The van der Waals surface area contributed by atoms with Gasteiger partial charge in [-0.15, -0.1) is 0 Å². The fourth-order valence-corrected chi connectivity index (χ4v) is 2.93. The van der Waals surface area contributed by atoms with Crippen molar-refractivity contribution in [2.24, 2.45) is 0 Å². The minimum Gasteiger partial charge on any atom is -0.352 e. The van der Waals surface area contributed by atoms with Gasteiger partial charge in [-0.05, 0) is 56.0 Å². The summed E-state index contributed by atoms with van der Waals surface area (Å²) in [5.74, 6) is 0.0433. The number of amides is 1. The quantitative estimate of drug-likeness (QED) is 0.923. The van der Waals surface area contributed by atoms with Crippen LogP contribution in [0.25, 0.3) is 0 Å². The Morgan fingerprint density at radius 1 is 1.38 bits per heavy atom. The Morgan fingerprint density at radius 3 is 2.76 bits per heavy atom. The molecule has 2 rings (SSSR count). The number of benzene rings is 1. The van der Waals surface area contributed by atoms with Crippen LogP contribution in [0.1, 0.15) is 56.0 Å². The van der Waals surface area contributed by atoms with Crippen LogP contribution in [0, 0.1) is 0 Å². The van der Waals surface area contributed by atoms with Gasteiger partial charge in [0.25, 0.3) is 5.91 Å². The molecule has 21 heavy (non-hydrogen) atoms. The highest BCUT2D eigenvalue weighted by Crippen LogP contribution is 2.22. The average molecular weight is 288 g/mol. The molecule has 1 unspecified atom stereocenters. The molecule has 1 amide bonds. The lowest BCUT2D eigenvalue weighted by atomic mass is 9.86. The van der Waals surface area contributed by atoms with Crippen molar-refractivity contribution in [3.63, 3.8) is 0 Å². The summed E-state index contributed by atoms with van der Waals surface area (Å²) in [7, 11) is 2.17. The topological polar surface area (TPSA) is 32.3 Å². The van der Waals surface area contributed by atoms with E-state index in [4.69, 9.17) is 0 Å². The third-order valence-corrected chi connectivity index (χ3v) is 4.43. The van der Waals surface area contributed by atoms with E-state index in [2.05, 4.69) is 44.1 Å². The molecule has 0 aliphatic carbocycles. The number of likely N-dealkylation sites (tertiary alicyclic amines) is 1. The summed E-state index contributed by atoms with van der Waals surface area (Å²) in [4.78, 5) is 14.6. The molecule has 1 fully saturated rings. The van der Waals surface area contributed by atoms with Crippen molar-refractivity contribution in [3.05, 3.63) is 35.4 Å². The Kier molecular flexibility index (Phi) is 5.04. The molecule has 1 atom stereocenters. The second-order valence-electron chi connectivity index (χ2n) is 7.15. The lowest BCUT2D eigenvalue weighted by molar-refractivity contribution is 0.0950. The standard InChI is InChI=1S/C18H28N2O/c1-18(2,3)15-8-5-7-14(13-15)17(21)19-11-10-16-9-6-12-20(16)4/h5,7-8,13,16H,6,9-12H2,1-4H3,(H,19,21). The molecule has 1 aliphatic heterocycles. The van der Waals surface area contributed by atoms with Gasteiger partial charge in [0.15, 0.2) is 0 Å². The fraction of sp³-hybridized carbons (Fsp3) is 0.611. The lowest BCUT2D eigenvalue weighted by Crippen LogP contribution is -2.31. The van der Waals surface area contributed by atoms with Crippen molar-refractivity contribution in [2.45, 2.75) is 51.5 Å². The molecule has 3 heteroatoms. The van der Waals surface area contributed by atoms with E-state index in [1.54, 1.807) is 0 Å². The maximum atomic E-state index is 12.3. The minimum absolute atomic E-state index is 0.0433. The van der Waals surface area contributed by atoms with Gasteiger partial charge in [-0.25, -0.2) is 0 Å². The smallest absolute Gasteiger partial charge is 0.251 e. The Morgan fingerprint density at radius 2 is 2.14 bits per heavy atom. The van der Waals surface area contributed by atoms with Gasteiger partial charge >= 0.3 is 0 Å². The van der Waals surface area contributed by atoms with Crippen LogP contribution in [0.2, 0.25) is 0 Å². The molecule has 1 N–H and O–H groups in total. The number of nitrogens with one attached hydrogen (secondary N) is 1. The summed E-state index contributed by atoms with van der Waals surface area (Å²) >= 11 is 0. The maximum Gasteiger partial charge on any atom is 0.251 e. The lowest BCUT2D eigenvalue weighted by Gasteiger charge is -2.20. The summed E-state index contributed by atoms with van der Waals surface area (Å²) in [6, 6.07) is 8.60. The number of carbonyl (C=O) groups is 1.